The quantitative estimate of drug-likeness (QED) is 0.443. The van der Waals surface area contributed by atoms with E-state index in [0.717, 1.165) is 36.8 Å². The average molecular weight is 421 g/mol. The van der Waals surface area contributed by atoms with Crippen molar-refractivity contribution in [3.05, 3.63) is 60.7 Å². The summed E-state index contributed by atoms with van der Waals surface area (Å²) in [6, 6.07) is 17.9. The number of aliphatic carboxylic acids is 1. The Morgan fingerprint density at radius 2 is 1.48 bits per heavy atom. The van der Waals surface area contributed by atoms with E-state index in [1.54, 1.807) is 31.3 Å². The van der Waals surface area contributed by atoms with E-state index < -0.39 is 5.97 Å². The van der Waals surface area contributed by atoms with E-state index in [1.165, 1.54) is 6.42 Å². The highest BCUT2D eigenvalue weighted by molar-refractivity contribution is 5.78. The number of anilines is 1. The number of nitrogens with one attached hydrogen (secondary N) is 1. The van der Waals surface area contributed by atoms with Crippen LogP contribution in [0.4, 0.5) is 5.82 Å². The molecule has 1 aliphatic rings. The number of nitrogens with zero attached hydrogens (tertiary/aromatic N) is 1. The summed E-state index contributed by atoms with van der Waals surface area (Å²) < 4.78 is 0. The number of phenols is 2. The van der Waals surface area contributed by atoms with Crippen molar-refractivity contribution in [3.63, 3.8) is 0 Å². The molecule has 0 atom stereocenters. The molecule has 0 amide bonds. The van der Waals surface area contributed by atoms with Crippen LogP contribution in [0.15, 0.2) is 60.7 Å². The van der Waals surface area contributed by atoms with Gasteiger partial charge in [-0.05, 0) is 48.7 Å². The number of carboxylic acids is 1. The zero-order valence-electron chi connectivity index (χ0n) is 17.6. The zero-order chi connectivity index (χ0) is 22.2. The van der Waals surface area contributed by atoms with Crippen molar-refractivity contribution in [3.8, 4) is 33.9 Å². The van der Waals surface area contributed by atoms with Gasteiger partial charge in [-0.2, -0.15) is 0 Å². The Morgan fingerprint density at radius 3 is 2.00 bits per heavy atom. The maximum absolute atomic E-state index is 10.4. The maximum Gasteiger partial charge on any atom is 0.306 e. The molecule has 0 aliphatic heterocycles. The number of hydrogen-bond donors (Lipinski definition) is 4. The van der Waals surface area contributed by atoms with Crippen molar-refractivity contribution in [1.82, 2.24) is 4.98 Å². The van der Waals surface area contributed by atoms with E-state index in [1.807, 2.05) is 36.4 Å². The number of aromatic hydroxyl groups is 2. The lowest BCUT2D eigenvalue weighted by molar-refractivity contribution is -0.142. The van der Waals surface area contributed by atoms with E-state index in [9.17, 15) is 15.0 Å². The van der Waals surface area contributed by atoms with Gasteiger partial charge in [0.15, 0.2) is 0 Å². The molecular formula is C25H28N2O4. The van der Waals surface area contributed by atoms with Crippen LogP contribution >= 0.6 is 0 Å². The van der Waals surface area contributed by atoms with Gasteiger partial charge in [-0.25, -0.2) is 4.98 Å². The number of aromatic nitrogens is 1. The SMILES string of the molecule is CNc1cc(-c2ccccc2O)cc(-c2ccccc2O)n1.O=C(O)C1CCCCC1. The Labute approximate surface area is 182 Å². The lowest BCUT2D eigenvalue weighted by Gasteiger charge is -2.16. The van der Waals surface area contributed by atoms with Crippen LogP contribution in [0.1, 0.15) is 32.1 Å². The number of hydrogen-bond acceptors (Lipinski definition) is 5. The zero-order valence-corrected chi connectivity index (χ0v) is 17.6. The molecule has 4 rings (SSSR count). The number of phenolic OH excluding ortho intramolecular Hbond substituents is 2. The summed E-state index contributed by atoms with van der Waals surface area (Å²) in [7, 11) is 1.78. The van der Waals surface area contributed by atoms with Crippen molar-refractivity contribution < 1.29 is 20.1 Å². The van der Waals surface area contributed by atoms with Gasteiger partial charge in [0, 0.05) is 18.2 Å². The Bertz CT molecular complexity index is 966. The first-order valence-corrected chi connectivity index (χ1v) is 10.5. The van der Waals surface area contributed by atoms with Gasteiger partial charge in [-0.1, -0.05) is 49.6 Å². The molecule has 0 saturated heterocycles. The molecule has 1 heterocycles. The molecule has 1 saturated carbocycles. The standard InChI is InChI=1S/C18H16N2O2.C7H12O2/c1-19-18-11-12(13-6-2-4-8-16(13)21)10-15(20-18)14-7-3-5-9-17(14)22;8-7(9)6-4-2-1-3-5-6/h2-11,21-22H,1H3,(H,19,20);6H,1-5H2,(H,8,9). The molecule has 0 radical (unpaired) electrons. The summed E-state index contributed by atoms with van der Waals surface area (Å²) >= 11 is 0. The summed E-state index contributed by atoms with van der Waals surface area (Å²) in [5.41, 5.74) is 2.84. The maximum atomic E-state index is 10.4. The summed E-state index contributed by atoms with van der Waals surface area (Å²) in [4.78, 5) is 14.8. The highest BCUT2D eigenvalue weighted by Gasteiger charge is 2.19. The van der Waals surface area contributed by atoms with Crippen LogP contribution in [-0.2, 0) is 4.79 Å². The third kappa shape index (κ3) is 5.75. The number of para-hydroxylation sites is 2. The first-order valence-electron chi connectivity index (χ1n) is 10.5. The molecule has 1 aliphatic carbocycles. The number of carbonyl (C=O) groups is 1. The summed E-state index contributed by atoms with van der Waals surface area (Å²) in [6.45, 7) is 0. The molecule has 0 bridgehead atoms. The van der Waals surface area contributed by atoms with Crippen molar-refractivity contribution in [2.45, 2.75) is 32.1 Å². The lowest BCUT2D eigenvalue weighted by Crippen LogP contribution is -2.16. The monoisotopic (exact) mass is 420 g/mol. The normalized spacial score (nSPS) is 13.7. The minimum absolute atomic E-state index is 0.0289. The molecule has 6 heteroatoms. The van der Waals surface area contributed by atoms with E-state index in [-0.39, 0.29) is 17.4 Å². The minimum Gasteiger partial charge on any atom is -0.507 e. The minimum atomic E-state index is -0.602. The Balaban J connectivity index is 0.000000254. The number of carboxylic acid groups (broad SMARTS) is 1. The van der Waals surface area contributed by atoms with Crippen LogP contribution in [0.25, 0.3) is 22.4 Å². The van der Waals surface area contributed by atoms with Crippen LogP contribution in [0, 0.1) is 5.92 Å². The van der Waals surface area contributed by atoms with Gasteiger partial charge in [0.2, 0.25) is 0 Å². The Kier molecular flexibility index (Phi) is 7.49. The first kappa shape index (κ1) is 22.2. The van der Waals surface area contributed by atoms with Crippen molar-refractivity contribution in [1.29, 1.82) is 0 Å². The fraction of sp³-hybridized carbons (Fsp3) is 0.280. The number of pyridine rings is 1. The van der Waals surface area contributed by atoms with Gasteiger partial charge >= 0.3 is 5.97 Å². The van der Waals surface area contributed by atoms with Gasteiger partial charge in [0.05, 0.1) is 11.6 Å². The number of benzene rings is 2. The second kappa shape index (κ2) is 10.5. The molecule has 0 spiro atoms. The number of rotatable bonds is 4. The van der Waals surface area contributed by atoms with Crippen LogP contribution in [0.5, 0.6) is 11.5 Å². The fourth-order valence-corrected chi connectivity index (χ4v) is 3.71. The molecule has 3 aromatic rings. The highest BCUT2D eigenvalue weighted by Crippen LogP contribution is 2.35. The van der Waals surface area contributed by atoms with Gasteiger partial charge < -0.3 is 20.6 Å². The van der Waals surface area contributed by atoms with Crippen LogP contribution in [-0.4, -0.2) is 33.3 Å². The molecule has 6 nitrogen and oxygen atoms in total. The van der Waals surface area contributed by atoms with Gasteiger partial charge in [-0.15, -0.1) is 0 Å². The predicted octanol–water partition coefficient (Wildman–Crippen LogP) is 5.52. The van der Waals surface area contributed by atoms with Crippen LogP contribution < -0.4 is 5.32 Å². The first-order chi connectivity index (χ1) is 15.0. The lowest BCUT2D eigenvalue weighted by atomic mass is 9.90. The molecule has 2 aromatic carbocycles. The molecule has 1 aromatic heterocycles. The molecule has 31 heavy (non-hydrogen) atoms. The van der Waals surface area contributed by atoms with Crippen LogP contribution in [0.2, 0.25) is 0 Å². The third-order valence-electron chi connectivity index (χ3n) is 5.43. The van der Waals surface area contributed by atoms with E-state index in [0.29, 0.717) is 17.1 Å². The third-order valence-corrected chi connectivity index (χ3v) is 5.43. The van der Waals surface area contributed by atoms with Crippen LogP contribution in [0.3, 0.4) is 0 Å². The van der Waals surface area contributed by atoms with Crippen molar-refractivity contribution >= 4 is 11.8 Å². The summed E-state index contributed by atoms with van der Waals surface area (Å²) in [5.74, 6) is 0.415. The second-order valence-electron chi connectivity index (χ2n) is 7.58. The second-order valence-corrected chi connectivity index (χ2v) is 7.58. The van der Waals surface area contributed by atoms with Gasteiger partial charge in [0.1, 0.15) is 17.3 Å². The average Bonchev–Trinajstić information content (AvgIpc) is 2.80. The molecule has 0 unspecified atom stereocenters. The Morgan fingerprint density at radius 1 is 0.903 bits per heavy atom. The van der Waals surface area contributed by atoms with E-state index >= 15 is 0 Å². The summed E-state index contributed by atoms with van der Waals surface area (Å²) in [5, 5.41) is 31.6. The Hall–Kier alpha value is -3.54. The molecule has 4 N–H and O–H groups in total. The smallest absolute Gasteiger partial charge is 0.306 e. The fourth-order valence-electron chi connectivity index (χ4n) is 3.71. The largest absolute Gasteiger partial charge is 0.507 e. The van der Waals surface area contributed by atoms with Gasteiger partial charge in [0.25, 0.3) is 0 Å². The molecular weight excluding hydrogens is 392 g/mol. The summed E-state index contributed by atoms with van der Waals surface area (Å²) in [6.07, 6.45) is 5.24. The van der Waals surface area contributed by atoms with E-state index in [4.69, 9.17) is 5.11 Å². The van der Waals surface area contributed by atoms with Crippen molar-refractivity contribution in [2.24, 2.45) is 5.92 Å². The topological polar surface area (TPSA) is 103 Å². The predicted molar refractivity (Wildman–Crippen MR) is 122 cm³/mol. The molecule has 162 valence electrons. The van der Waals surface area contributed by atoms with Gasteiger partial charge in [-0.3, -0.25) is 4.79 Å². The molecule has 1 fully saturated rings. The van der Waals surface area contributed by atoms with Crippen molar-refractivity contribution in [2.75, 3.05) is 12.4 Å². The highest BCUT2D eigenvalue weighted by atomic mass is 16.4. The van der Waals surface area contributed by atoms with E-state index in [2.05, 4.69) is 10.3 Å².